The normalized spacial score (nSPS) is 19.7. The van der Waals surface area contributed by atoms with Gasteiger partial charge in [-0.25, -0.2) is 13.2 Å². The van der Waals surface area contributed by atoms with Crippen LogP contribution in [0.15, 0.2) is 40.6 Å². The molecule has 0 aliphatic carbocycles. The topological polar surface area (TPSA) is 139 Å². The lowest BCUT2D eigenvalue weighted by Gasteiger charge is -2.45. The average Bonchev–Trinajstić information content (AvgIpc) is 2.68. The molecule has 2 N–H and O–H groups in total. The average molecular weight is 444 g/mol. The summed E-state index contributed by atoms with van der Waals surface area (Å²) in [5, 5.41) is 10.6. The number of rotatable bonds is 8. The number of hydrogen-bond acceptors (Lipinski definition) is 8. The van der Waals surface area contributed by atoms with Gasteiger partial charge >= 0.3 is 5.97 Å². The molecule has 0 radical (unpaired) electrons. The highest BCUT2D eigenvalue weighted by Crippen LogP contribution is 2.42. The zero-order valence-electron chi connectivity index (χ0n) is 16.0. The molecule has 0 aromatic heterocycles. The van der Waals surface area contributed by atoms with Gasteiger partial charge in [0.25, 0.3) is 5.91 Å². The van der Waals surface area contributed by atoms with Gasteiger partial charge in [0, 0.05) is 17.7 Å². The fourth-order valence-electron chi connectivity index (χ4n) is 2.68. The number of carboxylic acids is 1. The lowest BCUT2D eigenvalue weighted by atomic mass is 10.1. The fourth-order valence-corrected chi connectivity index (χ4v) is 6.37. The molecule has 0 bridgehead atoms. The first-order chi connectivity index (χ1) is 13.5. The minimum absolute atomic E-state index is 0.0904. The Kier molecular flexibility index (Phi) is 6.80. The molecule has 1 heterocycles. The number of carbonyl (C=O) groups is 3. The van der Waals surface area contributed by atoms with Crippen molar-refractivity contribution in [2.24, 2.45) is 0 Å². The van der Waals surface area contributed by atoms with Crippen molar-refractivity contribution in [1.29, 1.82) is 0 Å². The second-order valence-electron chi connectivity index (χ2n) is 5.89. The molecule has 2 rings (SSSR count). The quantitative estimate of drug-likeness (QED) is 0.257. The van der Waals surface area contributed by atoms with Crippen LogP contribution in [0.3, 0.4) is 0 Å². The van der Waals surface area contributed by atoms with Crippen LogP contribution in [0.2, 0.25) is 0 Å². The summed E-state index contributed by atoms with van der Waals surface area (Å²) in [6.45, 7) is 2.50. The standard InChI is InChI=1S/C17H20N2O8S2/c1-9(26-3)14(17(22)23)19-15(21)13(18-10(2)20)16(19)28-29(24,25)12-8-6-5-7-11(12)27-4/h5-8,13,16H,1-4H3,(H,18,20)(H,22,23). The van der Waals surface area contributed by atoms with Crippen molar-refractivity contribution in [1.82, 2.24) is 10.2 Å². The Morgan fingerprint density at radius 2 is 1.83 bits per heavy atom. The maximum atomic E-state index is 13.0. The first-order valence-corrected chi connectivity index (χ1v) is 11.1. The number of ether oxygens (including phenoxy) is 2. The van der Waals surface area contributed by atoms with E-state index in [1.165, 1.54) is 46.3 Å². The lowest BCUT2D eigenvalue weighted by molar-refractivity contribution is -0.150. The van der Waals surface area contributed by atoms with Crippen LogP contribution in [0, 0.1) is 0 Å². The van der Waals surface area contributed by atoms with Crippen molar-refractivity contribution in [2.45, 2.75) is 30.2 Å². The summed E-state index contributed by atoms with van der Waals surface area (Å²) in [6, 6.07) is 4.66. The smallest absolute Gasteiger partial charge is 0.356 e. The Balaban J connectivity index is 2.50. The van der Waals surface area contributed by atoms with E-state index in [0.29, 0.717) is 10.8 Å². The molecule has 1 aliphatic heterocycles. The largest absolute Gasteiger partial charge is 0.499 e. The predicted molar refractivity (Wildman–Crippen MR) is 103 cm³/mol. The van der Waals surface area contributed by atoms with Gasteiger partial charge in [0.05, 0.1) is 14.2 Å². The van der Waals surface area contributed by atoms with Crippen molar-refractivity contribution in [3.8, 4) is 5.75 Å². The van der Waals surface area contributed by atoms with Gasteiger partial charge in [-0.05, 0) is 19.1 Å². The molecule has 1 fully saturated rings. The van der Waals surface area contributed by atoms with Gasteiger partial charge in [0.2, 0.25) is 14.8 Å². The number of para-hydroxylation sites is 1. The molecule has 2 amide bonds. The van der Waals surface area contributed by atoms with Gasteiger partial charge < -0.3 is 19.9 Å². The maximum Gasteiger partial charge on any atom is 0.356 e. The molecule has 10 nitrogen and oxygen atoms in total. The number of allylic oxidation sites excluding steroid dienone is 1. The van der Waals surface area contributed by atoms with Gasteiger partial charge in [0.15, 0.2) is 5.70 Å². The van der Waals surface area contributed by atoms with Crippen LogP contribution in [-0.2, 0) is 28.0 Å². The number of likely N-dealkylation sites (tertiary alicyclic amines) is 1. The number of benzene rings is 1. The summed E-state index contributed by atoms with van der Waals surface area (Å²) in [4.78, 5) is 36.3. The third kappa shape index (κ3) is 4.48. The zero-order chi connectivity index (χ0) is 21.9. The number of amides is 2. The molecular weight excluding hydrogens is 424 g/mol. The third-order valence-corrected chi connectivity index (χ3v) is 7.75. The van der Waals surface area contributed by atoms with E-state index < -0.39 is 43.8 Å². The Hall–Kier alpha value is -2.73. The third-order valence-electron chi connectivity index (χ3n) is 4.05. The van der Waals surface area contributed by atoms with E-state index in [1.807, 2.05) is 0 Å². The van der Waals surface area contributed by atoms with Gasteiger partial charge in [0.1, 0.15) is 27.8 Å². The van der Waals surface area contributed by atoms with Crippen LogP contribution in [0.25, 0.3) is 0 Å². The predicted octanol–water partition coefficient (Wildman–Crippen LogP) is 0.753. The first kappa shape index (κ1) is 22.6. The highest BCUT2D eigenvalue weighted by atomic mass is 33.1. The number of carboxylic acid groups (broad SMARTS) is 1. The summed E-state index contributed by atoms with van der Waals surface area (Å²) in [6.07, 6.45) is 0. The SMILES string of the molecule is COC(C)=C(C(=O)O)N1C(=O)C(NC(C)=O)C1SS(=O)(=O)c1ccccc1OC. The van der Waals surface area contributed by atoms with Crippen LogP contribution in [-0.4, -0.2) is 61.8 Å². The van der Waals surface area contributed by atoms with Crippen LogP contribution >= 0.6 is 10.8 Å². The van der Waals surface area contributed by atoms with Gasteiger partial charge in [-0.15, -0.1) is 0 Å². The molecule has 0 spiro atoms. The molecule has 29 heavy (non-hydrogen) atoms. The number of aliphatic carboxylic acids is 1. The van der Waals surface area contributed by atoms with E-state index in [1.54, 1.807) is 6.07 Å². The van der Waals surface area contributed by atoms with E-state index in [-0.39, 0.29) is 16.4 Å². The summed E-state index contributed by atoms with van der Waals surface area (Å²) >= 11 is 0. The zero-order valence-corrected chi connectivity index (χ0v) is 17.7. The summed E-state index contributed by atoms with van der Waals surface area (Å²) in [5.74, 6) is -2.80. The fraction of sp³-hybridized carbons (Fsp3) is 0.353. The minimum Gasteiger partial charge on any atom is -0.499 e. The van der Waals surface area contributed by atoms with Crippen LogP contribution in [0.5, 0.6) is 5.75 Å². The summed E-state index contributed by atoms with van der Waals surface area (Å²) in [5.41, 5.74) is -0.508. The molecule has 2 atom stereocenters. The highest BCUT2D eigenvalue weighted by molar-refractivity contribution is 8.72. The maximum absolute atomic E-state index is 13.0. The first-order valence-electron chi connectivity index (χ1n) is 8.19. The lowest BCUT2D eigenvalue weighted by Crippen LogP contribution is -2.69. The van der Waals surface area contributed by atoms with E-state index in [4.69, 9.17) is 9.47 Å². The van der Waals surface area contributed by atoms with E-state index in [9.17, 15) is 27.9 Å². The van der Waals surface area contributed by atoms with Crippen molar-refractivity contribution in [3.63, 3.8) is 0 Å². The van der Waals surface area contributed by atoms with Crippen LogP contribution in [0.1, 0.15) is 13.8 Å². The molecule has 12 heteroatoms. The number of β-lactam (4-membered cyclic amide) rings is 1. The minimum atomic E-state index is -4.09. The molecule has 1 aliphatic rings. The number of nitrogens with one attached hydrogen (secondary N) is 1. The Morgan fingerprint density at radius 1 is 1.21 bits per heavy atom. The molecule has 1 aromatic carbocycles. The van der Waals surface area contributed by atoms with Gasteiger partial charge in [-0.3, -0.25) is 14.5 Å². The Bertz CT molecular complexity index is 973. The van der Waals surface area contributed by atoms with E-state index in [2.05, 4.69) is 5.32 Å². The monoisotopic (exact) mass is 444 g/mol. The molecule has 158 valence electrons. The number of carbonyl (C=O) groups excluding carboxylic acids is 2. The van der Waals surface area contributed by atoms with Crippen molar-refractivity contribution in [2.75, 3.05) is 14.2 Å². The number of nitrogens with zero attached hydrogens (tertiary/aromatic N) is 1. The Morgan fingerprint density at radius 3 is 2.34 bits per heavy atom. The van der Waals surface area contributed by atoms with Gasteiger partial charge in [-0.1, -0.05) is 12.1 Å². The highest BCUT2D eigenvalue weighted by Gasteiger charge is 2.54. The van der Waals surface area contributed by atoms with E-state index >= 15 is 0 Å². The second kappa shape index (κ2) is 8.74. The summed E-state index contributed by atoms with van der Waals surface area (Å²) in [7, 11) is -1.22. The van der Waals surface area contributed by atoms with Crippen molar-refractivity contribution >= 4 is 37.4 Å². The molecule has 0 saturated carbocycles. The molecular formula is C17H20N2O8S2. The second-order valence-corrected chi connectivity index (χ2v) is 9.81. The number of hydrogen-bond donors (Lipinski definition) is 2. The van der Waals surface area contributed by atoms with Crippen molar-refractivity contribution in [3.05, 3.63) is 35.7 Å². The molecule has 1 saturated heterocycles. The summed E-state index contributed by atoms with van der Waals surface area (Å²) < 4.78 is 35.9. The number of methoxy groups -OCH3 is 2. The van der Waals surface area contributed by atoms with Crippen LogP contribution < -0.4 is 10.1 Å². The van der Waals surface area contributed by atoms with Crippen molar-refractivity contribution < 1.29 is 37.4 Å². The van der Waals surface area contributed by atoms with E-state index in [0.717, 1.165) is 4.90 Å². The van der Waals surface area contributed by atoms with Gasteiger partial charge in [-0.2, -0.15) is 0 Å². The van der Waals surface area contributed by atoms with Crippen LogP contribution in [0.4, 0.5) is 0 Å². The molecule has 1 aromatic rings. The Labute approximate surface area is 171 Å². The molecule has 2 unspecified atom stereocenters.